The summed E-state index contributed by atoms with van der Waals surface area (Å²) in [6.45, 7) is 3.07. The number of benzene rings is 1. The molecular weight excluding hydrogens is 559 g/mol. The van der Waals surface area contributed by atoms with Gasteiger partial charge >= 0.3 is 18.1 Å². The molecule has 43 heavy (non-hydrogen) atoms. The molecule has 0 aliphatic carbocycles. The minimum Gasteiger partial charge on any atom is -0.462 e. The van der Waals surface area contributed by atoms with Crippen molar-refractivity contribution in [2.45, 2.75) is 71.4 Å². The van der Waals surface area contributed by atoms with Crippen LogP contribution in [0.3, 0.4) is 0 Å². The van der Waals surface area contributed by atoms with Crippen LogP contribution in [0.25, 0.3) is 0 Å². The number of esters is 2. The van der Waals surface area contributed by atoms with Gasteiger partial charge in [0.05, 0.1) is 12.2 Å². The first-order valence-electron chi connectivity index (χ1n) is 14.4. The van der Waals surface area contributed by atoms with E-state index in [4.69, 9.17) is 9.47 Å². The molecule has 0 radical (unpaired) electrons. The predicted molar refractivity (Wildman–Crippen MR) is 163 cm³/mol. The number of halogens is 3. The van der Waals surface area contributed by atoms with E-state index in [1.807, 2.05) is 18.2 Å². The Morgan fingerprint density at radius 2 is 1.28 bits per heavy atom. The highest BCUT2D eigenvalue weighted by molar-refractivity contribution is 5.94. The van der Waals surface area contributed by atoms with Crippen LogP contribution in [0.5, 0.6) is 5.75 Å². The molecule has 0 saturated heterocycles. The Bertz CT molecular complexity index is 1180. The second-order valence-corrected chi connectivity index (χ2v) is 9.13. The van der Waals surface area contributed by atoms with Gasteiger partial charge in [0.1, 0.15) is 17.9 Å². The van der Waals surface area contributed by atoms with E-state index in [1.54, 1.807) is 0 Å². The third-order valence-electron chi connectivity index (χ3n) is 5.59. The minimum absolute atomic E-state index is 0.0138. The van der Waals surface area contributed by atoms with Crippen LogP contribution in [0, 0.1) is 0 Å². The number of allylic oxidation sites excluding steroid dienone is 12. The van der Waals surface area contributed by atoms with Gasteiger partial charge in [0.2, 0.25) is 5.91 Å². The summed E-state index contributed by atoms with van der Waals surface area (Å²) >= 11 is 0. The van der Waals surface area contributed by atoms with Crippen molar-refractivity contribution in [2.75, 3.05) is 13.2 Å². The van der Waals surface area contributed by atoms with E-state index in [0.717, 1.165) is 44.6 Å². The number of carbonyl (C=O) groups is 3. The summed E-state index contributed by atoms with van der Waals surface area (Å²) in [5, 5.41) is 2.36. The number of hydrogen-bond donors (Lipinski definition) is 1. The van der Waals surface area contributed by atoms with Gasteiger partial charge in [0.15, 0.2) is 0 Å². The summed E-state index contributed by atoms with van der Waals surface area (Å²) in [6.07, 6.45) is 26.4. The second kappa shape index (κ2) is 22.5. The van der Waals surface area contributed by atoms with Crippen LogP contribution in [0.15, 0.2) is 91.1 Å². The van der Waals surface area contributed by atoms with E-state index >= 15 is 0 Å². The second-order valence-electron chi connectivity index (χ2n) is 9.13. The van der Waals surface area contributed by atoms with Crippen LogP contribution in [0.2, 0.25) is 0 Å². The quantitative estimate of drug-likeness (QED) is 0.0979. The number of carbonyl (C=O) groups excluding carboxylic acids is 3. The average molecular weight is 602 g/mol. The van der Waals surface area contributed by atoms with Crippen LogP contribution in [-0.2, 0) is 20.5 Å². The standard InChI is InChI=1S/C34H42F3NO5/c1-3-5-6-7-8-9-10-11-12-13-14-15-16-17-18-19-20-21-22-23-31(39)38-27-32(40)43-30-26-28(34(35,36)37)24-25-29(30)33(41)42-4-2/h5-6,8-9,11-12,14-15,17-18,20-21,24-26H,3-4,7,10,13,16,19,22-23,27H2,1-2H3,(H,38,39). The van der Waals surface area contributed by atoms with Crippen molar-refractivity contribution in [2.24, 2.45) is 0 Å². The fourth-order valence-corrected chi connectivity index (χ4v) is 3.43. The summed E-state index contributed by atoms with van der Waals surface area (Å²) in [6, 6.07) is 2.13. The van der Waals surface area contributed by atoms with Crippen LogP contribution in [0.1, 0.15) is 81.1 Å². The van der Waals surface area contributed by atoms with Gasteiger partial charge in [-0.15, -0.1) is 0 Å². The van der Waals surface area contributed by atoms with Crippen molar-refractivity contribution in [3.05, 3.63) is 102 Å². The molecule has 6 nitrogen and oxygen atoms in total. The lowest BCUT2D eigenvalue weighted by Crippen LogP contribution is -2.32. The first-order valence-corrected chi connectivity index (χ1v) is 14.4. The van der Waals surface area contributed by atoms with E-state index in [1.165, 1.54) is 6.92 Å². The maximum absolute atomic E-state index is 13.1. The maximum atomic E-state index is 13.1. The summed E-state index contributed by atoms with van der Waals surface area (Å²) in [7, 11) is 0. The largest absolute Gasteiger partial charge is 0.462 e. The number of alkyl halides is 3. The summed E-state index contributed by atoms with van der Waals surface area (Å²) < 4.78 is 49.0. The first kappa shape index (κ1) is 36.9. The highest BCUT2D eigenvalue weighted by Gasteiger charge is 2.32. The molecule has 9 heteroatoms. The number of hydrogen-bond acceptors (Lipinski definition) is 5. The molecule has 1 N–H and O–H groups in total. The average Bonchev–Trinajstić information content (AvgIpc) is 2.97. The lowest BCUT2D eigenvalue weighted by atomic mass is 10.1. The lowest BCUT2D eigenvalue weighted by molar-refractivity contribution is -0.139. The zero-order chi connectivity index (χ0) is 31.8. The zero-order valence-corrected chi connectivity index (χ0v) is 24.9. The Kier molecular flexibility index (Phi) is 19.3. The summed E-state index contributed by atoms with van der Waals surface area (Å²) in [4.78, 5) is 36.2. The third kappa shape index (κ3) is 18.1. The Morgan fingerprint density at radius 1 is 0.767 bits per heavy atom. The van der Waals surface area contributed by atoms with Crippen LogP contribution < -0.4 is 10.1 Å². The third-order valence-corrected chi connectivity index (χ3v) is 5.59. The Balaban J connectivity index is 2.29. The van der Waals surface area contributed by atoms with Gasteiger partial charge < -0.3 is 14.8 Å². The van der Waals surface area contributed by atoms with Crippen molar-refractivity contribution >= 4 is 17.8 Å². The fraction of sp³-hybridized carbons (Fsp3) is 0.382. The summed E-state index contributed by atoms with van der Waals surface area (Å²) in [5.41, 5.74) is -1.42. The molecule has 0 atom stereocenters. The van der Waals surface area contributed by atoms with E-state index in [0.29, 0.717) is 18.6 Å². The molecule has 0 saturated carbocycles. The van der Waals surface area contributed by atoms with Crippen molar-refractivity contribution in [3.63, 3.8) is 0 Å². The van der Waals surface area contributed by atoms with Gasteiger partial charge in [0.25, 0.3) is 0 Å². The topological polar surface area (TPSA) is 81.7 Å². The van der Waals surface area contributed by atoms with Crippen molar-refractivity contribution in [3.8, 4) is 5.75 Å². The van der Waals surface area contributed by atoms with E-state index in [9.17, 15) is 27.6 Å². The van der Waals surface area contributed by atoms with Crippen molar-refractivity contribution < 1.29 is 37.0 Å². The highest BCUT2D eigenvalue weighted by atomic mass is 19.4. The zero-order valence-electron chi connectivity index (χ0n) is 24.9. The SMILES string of the molecule is CCC=CCC=CCC=CCC=CCC=CCC=CCCC(=O)NCC(=O)Oc1cc(C(F)(F)F)ccc1C(=O)OCC. The van der Waals surface area contributed by atoms with Crippen LogP contribution in [0.4, 0.5) is 13.2 Å². The molecule has 0 aromatic heterocycles. The van der Waals surface area contributed by atoms with Gasteiger partial charge in [-0.2, -0.15) is 13.2 Å². The normalized spacial score (nSPS) is 12.5. The predicted octanol–water partition coefficient (Wildman–Crippen LogP) is 8.38. The first-order chi connectivity index (χ1) is 20.7. The molecule has 234 valence electrons. The molecule has 1 aromatic rings. The Hall–Kier alpha value is -4.14. The Labute approximate surface area is 252 Å². The molecule has 1 amide bonds. The molecule has 0 heterocycles. The fourth-order valence-electron chi connectivity index (χ4n) is 3.43. The lowest BCUT2D eigenvalue weighted by Gasteiger charge is -2.13. The van der Waals surface area contributed by atoms with Crippen molar-refractivity contribution in [1.29, 1.82) is 0 Å². The van der Waals surface area contributed by atoms with E-state index < -0.39 is 41.9 Å². The molecule has 0 bridgehead atoms. The van der Waals surface area contributed by atoms with Crippen LogP contribution in [-0.4, -0.2) is 31.0 Å². The Morgan fingerprint density at radius 3 is 1.77 bits per heavy atom. The molecule has 1 rings (SSSR count). The molecule has 0 aliphatic heterocycles. The smallest absolute Gasteiger partial charge is 0.416 e. The highest BCUT2D eigenvalue weighted by Crippen LogP contribution is 2.33. The van der Waals surface area contributed by atoms with E-state index in [-0.39, 0.29) is 18.6 Å². The van der Waals surface area contributed by atoms with Gasteiger partial charge in [-0.05, 0) is 70.1 Å². The van der Waals surface area contributed by atoms with Gasteiger partial charge in [-0.25, -0.2) is 9.59 Å². The minimum atomic E-state index is -4.70. The van der Waals surface area contributed by atoms with Gasteiger partial charge in [-0.1, -0.05) is 79.8 Å². The number of ether oxygens (including phenoxy) is 2. The maximum Gasteiger partial charge on any atom is 0.416 e. The number of nitrogens with one attached hydrogen (secondary N) is 1. The molecule has 0 fully saturated rings. The van der Waals surface area contributed by atoms with Gasteiger partial charge in [0, 0.05) is 6.42 Å². The van der Waals surface area contributed by atoms with Crippen LogP contribution >= 0.6 is 0 Å². The monoisotopic (exact) mass is 601 g/mol. The van der Waals surface area contributed by atoms with E-state index in [2.05, 4.69) is 66.9 Å². The molecule has 0 spiro atoms. The number of rotatable bonds is 19. The van der Waals surface area contributed by atoms with Gasteiger partial charge in [-0.3, -0.25) is 4.79 Å². The molecule has 1 aromatic carbocycles. The number of amides is 1. The molecular formula is C34H42F3NO5. The van der Waals surface area contributed by atoms with Crippen molar-refractivity contribution in [1.82, 2.24) is 5.32 Å². The molecule has 0 unspecified atom stereocenters. The summed E-state index contributed by atoms with van der Waals surface area (Å²) in [5.74, 6) is -2.97. The molecule has 0 aliphatic rings.